The monoisotopic (exact) mass is 409 g/mol. The number of rotatable bonds is 3. The predicted octanol–water partition coefficient (Wildman–Crippen LogP) is 2.30. The summed E-state index contributed by atoms with van der Waals surface area (Å²) in [6.45, 7) is 0. The van der Waals surface area contributed by atoms with E-state index in [0.29, 0.717) is 0 Å². The molecule has 0 aliphatic rings. The van der Waals surface area contributed by atoms with Crippen LogP contribution in [-0.2, 0) is 22.8 Å². The van der Waals surface area contributed by atoms with Gasteiger partial charge in [-0.05, 0) is 17.3 Å². The summed E-state index contributed by atoms with van der Waals surface area (Å²) in [7, 11) is 3.22. The van der Waals surface area contributed by atoms with E-state index >= 15 is 0 Å². The van der Waals surface area contributed by atoms with Crippen molar-refractivity contribution in [2.24, 2.45) is 12.2 Å². The molecule has 0 radical (unpaired) electrons. The quantitative estimate of drug-likeness (QED) is 0.337. The molecule has 2 rings (SSSR count). The second kappa shape index (κ2) is 7.43. The van der Waals surface area contributed by atoms with Crippen LogP contribution >= 0.6 is 11.6 Å². The summed E-state index contributed by atoms with van der Waals surface area (Å²) in [6.07, 6.45) is -4.94. The fraction of sp³-hybridized carbons (Fsp3) is 0.267. The maximum atomic E-state index is 14.4. The van der Waals surface area contributed by atoms with Gasteiger partial charge in [-0.25, -0.2) is 13.8 Å². The number of aromatic nitrogens is 2. The summed E-state index contributed by atoms with van der Waals surface area (Å²) in [5, 5.41) is 3.33. The molecule has 12 heteroatoms. The second-order valence-corrected chi connectivity index (χ2v) is 5.52. The highest BCUT2D eigenvalue weighted by Gasteiger charge is 2.35. The van der Waals surface area contributed by atoms with Gasteiger partial charge in [0.2, 0.25) is 0 Å². The molecule has 0 aliphatic carbocycles. The van der Waals surface area contributed by atoms with Crippen molar-refractivity contribution in [2.45, 2.75) is 6.18 Å². The van der Waals surface area contributed by atoms with Crippen molar-refractivity contribution in [3.8, 4) is 5.69 Å². The standard InChI is InChI=1S/C15H12ClF4N3O4/c1-22-11(15(18,19)20)6-12(24)23(14(22)25)10-4-7(8(16)5-9(10)17)13(26-2)21-27-3/h4-6H,1-3H3/b21-13-. The number of methoxy groups -OCH3 is 1. The highest BCUT2D eigenvalue weighted by Crippen LogP contribution is 2.27. The number of ether oxygens (including phenoxy) is 1. The summed E-state index contributed by atoms with van der Waals surface area (Å²) >= 11 is 5.92. The number of hydrogen-bond donors (Lipinski definition) is 0. The van der Waals surface area contributed by atoms with Crippen molar-refractivity contribution in [3.05, 3.63) is 61.1 Å². The SMILES string of the molecule is CO/N=C(\OC)c1cc(-n2c(=O)cc(C(F)(F)F)n(C)c2=O)c(F)cc1Cl. The number of benzene rings is 1. The lowest BCUT2D eigenvalue weighted by atomic mass is 10.2. The molecule has 27 heavy (non-hydrogen) atoms. The Hall–Kier alpha value is -2.82. The minimum absolute atomic E-state index is 0.0498. The van der Waals surface area contributed by atoms with Gasteiger partial charge in [0.1, 0.15) is 18.6 Å². The normalized spacial score (nSPS) is 12.2. The predicted molar refractivity (Wildman–Crippen MR) is 87.8 cm³/mol. The van der Waals surface area contributed by atoms with Crippen molar-refractivity contribution in [1.29, 1.82) is 0 Å². The third-order valence-electron chi connectivity index (χ3n) is 3.49. The van der Waals surface area contributed by atoms with Gasteiger partial charge in [-0.3, -0.25) is 9.36 Å². The Morgan fingerprint density at radius 1 is 1.19 bits per heavy atom. The van der Waals surface area contributed by atoms with Gasteiger partial charge in [-0.2, -0.15) is 13.2 Å². The Labute approximate surface area is 154 Å². The molecule has 0 amide bonds. The zero-order valence-corrected chi connectivity index (χ0v) is 14.9. The van der Waals surface area contributed by atoms with E-state index in [4.69, 9.17) is 16.3 Å². The lowest BCUT2D eigenvalue weighted by molar-refractivity contribution is -0.144. The van der Waals surface area contributed by atoms with Crippen LogP contribution in [0.15, 0.2) is 32.9 Å². The zero-order valence-electron chi connectivity index (χ0n) is 14.1. The van der Waals surface area contributed by atoms with E-state index in [0.717, 1.165) is 19.2 Å². The van der Waals surface area contributed by atoms with Crippen molar-refractivity contribution < 1.29 is 27.1 Å². The molecule has 1 aromatic heterocycles. The third-order valence-corrected chi connectivity index (χ3v) is 3.80. The van der Waals surface area contributed by atoms with Crippen LogP contribution in [0.25, 0.3) is 5.69 Å². The summed E-state index contributed by atoms with van der Waals surface area (Å²) in [5.74, 6) is -1.32. The average molecular weight is 410 g/mol. The van der Waals surface area contributed by atoms with Crippen molar-refractivity contribution in [3.63, 3.8) is 0 Å². The van der Waals surface area contributed by atoms with E-state index < -0.39 is 34.6 Å². The van der Waals surface area contributed by atoms with Crippen LogP contribution in [0.4, 0.5) is 17.6 Å². The summed E-state index contributed by atoms with van der Waals surface area (Å²) in [5.41, 5.74) is -4.92. The fourth-order valence-electron chi connectivity index (χ4n) is 2.27. The lowest BCUT2D eigenvalue weighted by Crippen LogP contribution is -2.41. The maximum absolute atomic E-state index is 14.4. The molecule has 0 saturated heterocycles. The molecular formula is C15H12ClF4N3O4. The van der Waals surface area contributed by atoms with Crippen LogP contribution < -0.4 is 11.2 Å². The topological polar surface area (TPSA) is 74.8 Å². The van der Waals surface area contributed by atoms with E-state index in [1.807, 2.05) is 0 Å². The fourth-order valence-corrected chi connectivity index (χ4v) is 2.50. The molecule has 7 nitrogen and oxygen atoms in total. The smallest absolute Gasteiger partial charge is 0.431 e. The number of halogens is 5. The Bertz CT molecular complexity index is 1030. The molecule has 0 spiro atoms. The van der Waals surface area contributed by atoms with E-state index in [9.17, 15) is 27.2 Å². The van der Waals surface area contributed by atoms with Crippen LogP contribution in [0.5, 0.6) is 0 Å². The molecule has 0 fully saturated rings. The number of oxime groups is 1. The van der Waals surface area contributed by atoms with Crippen LogP contribution in [-0.4, -0.2) is 29.3 Å². The van der Waals surface area contributed by atoms with Gasteiger partial charge in [-0.15, -0.1) is 0 Å². The molecule has 0 bridgehead atoms. The van der Waals surface area contributed by atoms with Crippen LogP contribution in [0.1, 0.15) is 11.3 Å². The molecule has 2 aromatic rings. The van der Waals surface area contributed by atoms with Gasteiger partial charge in [0.15, 0.2) is 0 Å². The van der Waals surface area contributed by atoms with E-state index in [1.54, 1.807) is 0 Å². The van der Waals surface area contributed by atoms with E-state index in [1.165, 1.54) is 14.2 Å². The van der Waals surface area contributed by atoms with Gasteiger partial charge in [0.05, 0.1) is 23.4 Å². The van der Waals surface area contributed by atoms with Gasteiger partial charge in [0, 0.05) is 13.1 Å². The van der Waals surface area contributed by atoms with Crippen LogP contribution in [0.3, 0.4) is 0 Å². The first-order valence-corrected chi connectivity index (χ1v) is 7.46. The van der Waals surface area contributed by atoms with Gasteiger partial charge < -0.3 is 9.57 Å². The first-order valence-electron chi connectivity index (χ1n) is 7.08. The number of hydrogen-bond acceptors (Lipinski definition) is 5. The molecule has 1 heterocycles. The molecule has 0 N–H and O–H groups in total. The Morgan fingerprint density at radius 2 is 1.81 bits per heavy atom. The number of alkyl halides is 3. The highest BCUT2D eigenvalue weighted by molar-refractivity contribution is 6.33. The van der Waals surface area contributed by atoms with E-state index in [-0.39, 0.29) is 31.7 Å². The molecule has 0 atom stereocenters. The summed E-state index contributed by atoms with van der Waals surface area (Å²) in [6, 6.07) is 1.89. The highest BCUT2D eigenvalue weighted by atomic mass is 35.5. The molecule has 146 valence electrons. The first-order chi connectivity index (χ1) is 12.5. The molecule has 0 aliphatic heterocycles. The van der Waals surface area contributed by atoms with Crippen molar-refractivity contribution in [1.82, 2.24) is 9.13 Å². The van der Waals surface area contributed by atoms with Gasteiger partial charge in [-0.1, -0.05) is 11.6 Å². The minimum Gasteiger partial charge on any atom is -0.478 e. The number of nitrogens with zero attached hydrogens (tertiary/aromatic N) is 3. The minimum atomic E-state index is -4.94. The summed E-state index contributed by atoms with van der Waals surface area (Å²) < 4.78 is 58.5. The molecule has 1 aromatic carbocycles. The Balaban J connectivity index is 2.84. The van der Waals surface area contributed by atoms with Crippen LogP contribution in [0, 0.1) is 5.82 Å². The first kappa shape index (κ1) is 20.5. The zero-order chi connectivity index (χ0) is 20.5. The molecule has 0 unspecified atom stereocenters. The average Bonchev–Trinajstić information content (AvgIpc) is 2.57. The largest absolute Gasteiger partial charge is 0.478 e. The second-order valence-electron chi connectivity index (χ2n) is 5.11. The van der Waals surface area contributed by atoms with Crippen molar-refractivity contribution >= 4 is 17.5 Å². The summed E-state index contributed by atoms with van der Waals surface area (Å²) in [4.78, 5) is 29.0. The maximum Gasteiger partial charge on any atom is 0.431 e. The van der Waals surface area contributed by atoms with E-state index in [2.05, 4.69) is 9.99 Å². The Morgan fingerprint density at radius 3 is 2.33 bits per heavy atom. The molecular weight excluding hydrogens is 398 g/mol. The van der Waals surface area contributed by atoms with Gasteiger partial charge >= 0.3 is 11.9 Å². The van der Waals surface area contributed by atoms with Gasteiger partial charge in [0.25, 0.3) is 11.5 Å². The molecule has 0 saturated carbocycles. The Kier molecular flexibility index (Phi) is 5.64. The lowest BCUT2D eigenvalue weighted by Gasteiger charge is -2.15. The van der Waals surface area contributed by atoms with Crippen LogP contribution in [0.2, 0.25) is 5.02 Å². The third kappa shape index (κ3) is 3.82. The van der Waals surface area contributed by atoms with Crippen molar-refractivity contribution in [2.75, 3.05) is 14.2 Å².